The fraction of sp³-hybridized carbons (Fsp3) is 0.625. The molecule has 0 saturated carbocycles. The van der Waals surface area contributed by atoms with Gasteiger partial charge in [-0.15, -0.1) is 0 Å². The van der Waals surface area contributed by atoms with Crippen LogP contribution in [0.4, 0.5) is 0 Å². The van der Waals surface area contributed by atoms with Crippen molar-refractivity contribution < 1.29 is 0 Å². The van der Waals surface area contributed by atoms with E-state index in [9.17, 15) is 0 Å². The van der Waals surface area contributed by atoms with Gasteiger partial charge in [0.05, 0.1) is 0 Å². The van der Waals surface area contributed by atoms with Gasteiger partial charge >= 0.3 is 78.2 Å². The number of imidazole rings is 1. The average Bonchev–Trinajstić information content (AvgIpc) is 2.37. The minimum atomic E-state index is -0.631. The molecule has 1 heterocycles. The predicted octanol–water partition coefficient (Wildman–Crippen LogP) is 0.433. The summed E-state index contributed by atoms with van der Waals surface area (Å²) < 4.78 is 4.97. The molecule has 2 nitrogen and oxygen atoms in total. The molecule has 0 aliphatic rings. The van der Waals surface area contributed by atoms with Gasteiger partial charge in [-0.05, 0) is 0 Å². The maximum atomic E-state index is 4.34. The average molecular weight is 259 g/mol. The Kier molecular flexibility index (Phi) is 3.97. The van der Waals surface area contributed by atoms with Crippen LogP contribution in [-0.2, 0) is 7.05 Å². The van der Waals surface area contributed by atoms with Crippen LogP contribution < -0.4 is 3.71 Å². The Labute approximate surface area is 78.2 Å². The molecule has 3 heteroatoms. The maximum absolute atomic E-state index is 4.34. The molecule has 0 unspecified atom stereocenters. The Morgan fingerprint density at radius 1 is 1.64 bits per heavy atom. The second kappa shape index (κ2) is 4.80. The normalized spacial score (nSPS) is 11.5. The van der Waals surface area contributed by atoms with Gasteiger partial charge in [0.15, 0.2) is 0 Å². The van der Waals surface area contributed by atoms with Crippen LogP contribution in [0.3, 0.4) is 0 Å². The standard InChI is InChI=1S/C4H5N2.C4H9.Sn.2H/c1-6-3-2-5-4-6;1-3-4-2;;;/h3-4H,1H3;1,3-4H2,2H3;;;. The van der Waals surface area contributed by atoms with Crippen LogP contribution in [0, 0.1) is 0 Å². The van der Waals surface area contributed by atoms with Crippen LogP contribution in [-0.4, -0.2) is 30.7 Å². The van der Waals surface area contributed by atoms with Crippen molar-refractivity contribution in [1.29, 1.82) is 0 Å². The molecular weight excluding hydrogens is 243 g/mol. The Balaban J connectivity index is 2.27. The van der Waals surface area contributed by atoms with Gasteiger partial charge in [0, 0.05) is 0 Å². The number of hydrogen-bond donors (Lipinski definition) is 0. The summed E-state index contributed by atoms with van der Waals surface area (Å²) in [5.41, 5.74) is 0. The molecule has 0 fully saturated rings. The number of aromatic nitrogens is 2. The second-order valence-electron chi connectivity index (χ2n) is 2.99. The molecule has 62 valence electrons. The predicted molar refractivity (Wildman–Crippen MR) is 51.1 cm³/mol. The molecule has 1 aromatic rings. The SMILES string of the molecule is CCC[CH2][SnH2][c]1cn(C)cn1. The van der Waals surface area contributed by atoms with Crippen molar-refractivity contribution in [2.75, 3.05) is 0 Å². The van der Waals surface area contributed by atoms with Crippen molar-refractivity contribution >= 4 is 24.9 Å². The number of nitrogens with zero attached hydrogens (tertiary/aromatic N) is 2. The van der Waals surface area contributed by atoms with Crippen LogP contribution in [0.5, 0.6) is 0 Å². The van der Waals surface area contributed by atoms with Crippen LogP contribution in [0.1, 0.15) is 19.8 Å². The van der Waals surface area contributed by atoms with Crippen molar-refractivity contribution in [3.8, 4) is 0 Å². The zero-order valence-electron chi connectivity index (χ0n) is 7.38. The molecule has 0 N–H and O–H groups in total. The summed E-state index contributed by atoms with van der Waals surface area (Å²) in [6.07, 6.45) is 6.85. The van der Waals surface area contributed by atoms with E-state index in [-0.39, 0.29) is 0 Å². The van der Waals surface area contributed by atoms with E-state index in [2.05, 4.69) is 22.7 Å². The number of unbranched alkanes of at least 4 members (excludes halogenated alkanes) is 1. The zero-order chi connectivity index (χ0) is 8.10. The Bertz CT molecular complexity index is 208. The molecule has 0 amide bonds. The summed E-state index contributed by atoms with van der Waals surface area (Å²) >= 11 is -0.631. The van der Waals surface area contributed by atoms with Crippen LogP contribution in [0.2, 0.25) is 4.44 Å². The summed E-state index contributed by atoms with van der Waals surface area (Å²) in [6.45, 7) is 2.25. The second-order valence-corrected chi connectivity index (χ2v) is 8.50. The van der Waals surface area contributed by atoms with E-state index in [1.54, 1.807) is 0 Å². The van der Waals surface area contributed by atoms with Crippen molar-refractivity contribution in [2.45, 2.75) is 24.2 Å². The van der Waals surface area contributed by atoms with E-state index in [1.165, 1.54) is 21.0 Å². The Morgan fingerprint density at radius 3 is 3.00 bits per heavy atom. The van der Waals surface area contributed by atoms with Gasteiger partial charge in [0.1, 0.15) is 0 Å². The van der Waals surface area contributed by atoms with Crippen molar-refractivity contribution in [2.24, 2.45) is 7.05 Å². The van der Waals surface area contributed by atoms with Crippen molar-refractivity contribution in [3.05, 3.63) is 12.5 Å². The molecule has 1 rings (SSSR count). The van der Waals surface area contributed by atoms with Crippen LogP contribution in [0.15, 0.2) is 12.5 Å². The summed E-state index contributed by atoms with van der Waals surface area (Å²) in [6, 6.07) is 0. The van der Waals surface area contributed by atoms with E-state index in [0.29, 0.717) is 0 Å². The van der Waals surface area contributed by atoms with E-state index in [1.807, 2.05) is 13.4 Å². The molecular formula is C8H16N2Sn. The molecule has 11 heavy (non-hydrogen) atoms. The third kappa shape index (κ3) is 3.27. The van der Waals surface area contributed by atoms with Crippen molar-refractivity contribution in [1.82, 2.24) is 9.55 Å². The van der Waals surface area contributed by atoms with E-state index < -0.39 is 21.1 Å². The molecule has 0 atom stereocenters. The molecule has 0 saturated heterocycles. The zero-order valence-corrected chi connectivity index (χ0v) is 11.4. The first-order valence-corrected chi connectivity index (χ1v) is 9.17. The fourth-order valence-corrected chi connectivity index (χ4v) is 6.12. The molecule has 0 radical (unpaired) electrons. The molecule has 0 aliphatic heterocycles. The van der Waals surface area contributed by atoms with Crippen molar-refractivity contribution in [3.63, 3.8) is 0 Å². The summed E-state index contributed by atoms with van der Waals surface area (Å²) in [7, 11) is 2.04. The summed E-state index contributed by atoms with van der Waals surface area (Å²) in [5.74, 6) is 0. The molecule has 1 aromatic heterocycles. The number of rotatable bonds is 4. The van der Waals surface area contributed by atoms with E-state index in [4.69, 9.17) is 0 Å². The van der Waals surface area contributed by atoms with Gasteiger partial charge in [-0.2, -0.15) is 0 Å². The quantitative estimate of drug-likeness (QED) is 0.566. The van der Waals surface area contributed by atoms with Crippen LogP contribution >= 0.6 is 0 Å². The van der Waals surface area contributed by atoms with Gasteiger partial charge in [-0.25, -0.2) is 0 Å². The molecule has 0 bridgehead atoms. The van der Waals surface area contributed by atoms with Gasteiger partial charge < -0.3 is 0 Å². The number of aryl methyl sites for hydroxylation is 1. The first-order chi connectivity index (χ1) is 5.33. The van der Waals surface area contributed by atoms with E-state index >= 15 is 0 Å². The molecule has 0 aromatic carbocycles. The summed E-state index contributed by atoms with van der Waals surface area (Å²) in [4.78, 5) is 4.34. The first-order valence-electron chi connectivity index (χ1n) is 4.29. The monoisotopic (exact) mass is 260 g/mol. The van der Waals surface area contributed by atoms with Gasteiger partial charge in [0.25, 0.3) is 0 Å². The van der Waals surface area contributed by atoms with Gasteiger partial charge in [-0.1, -0.05) is 0 Å². The first kappa shape index (κ1) is 9.10. The van der Waals surface area contributed by atoms with Gasteiger partial charge in [-0.3, -0.25) is 0 Å². The molecule has 0 spiro atoms. The van der Waals surface area contributed by atoms with Crippen LogP contribution in [0.25, 0.3) is 0 Å². The third-order valence-corrected chi connectivity index (χ3v) is 6.74. The topological polar surface area (TPSA) is 17.8 Å². The van der Waals surface area contributed by atoms with Gasteiger partial charge in [0.2, 0.25) is 0 Å². The Hall–Kier alpha value is 0.00870. The fourth-order valence-electron chi connectivity index (χ4n) is 1.15. The van der Waals surface area contributed by atoms with E-state index in [0.717, 1.165) is 0 Å². The molecule has 0 aliphatic carbocycles. The minimum absolute atomic E-state index is 0.631. The Morgan fingerprint density at radius 2 is 2.45 bits per heavy atom. The number of hydrogen-bond acceptors (Lipinski definition) is 1. The third-order valence-electron chi connectivity index (χ3n) is 1.79. The summed E-state index contributed by atoms with van der Waals surface area (Å²) in [5, 5.41) is 0.